The smallest absolute Gasteiger partial charge is 0.316 e. The number of esters is 2. The Bertz CT molecular complexity index is 511. The molecule has 21 heavy (non-hydrogen) atoms. The van der Waals surface area contributed by atoms with E-state index in [1.165, 1.54) is 26.4 Å². The van der Waals surface area contributed by atoms with Gasteiger partial charge in [0.2, 0.25) is 0 Å². The van der Waals surface area contributed by atoms with Gasteiger partial charge in [0.25, 0.3) is 0 Å². The first kappa shape index (κ1) is 17.6. The molecule has 1 heterocycles. The minimum absolute atomic E-state index is 0.0597. The van der Waals surface area contributed by atoms with Crippen molar-refractivity contribution in [3.8, 4) is 0 Å². The normalized spacial score (nSPS) is 10.1. The molecule has 116 valence electrons. The predicted molar refractivity (Wildman–Crippen MR) is 77.3 cm³/mol. The number of hydrogen-bond acceptors (Lipinski definition) is 10. The molecule has 0 fully saturated rings. The van der Waals surface area contributed by atoms with Crippen LogP contribution in [0.2, 0.25) is 0 Å². The number of thioether (sulfide) groups is 2. The molecule has 8 nitrogen and oxygen atoms in total. The molecule has 0 unspecified atom stereocenters. The third kappa shape index (κ3) is 5.79. The molecule has 0 spiro atoms. The summed E-state index contributed by atoms with van der Waals surface area (Å²) in [6, 6.07) is 2.82. The van der Waals surface area contributed by atoms with Crippen LogP contribution in [0.5, 0.6) is 0 Å². The van der Waals surface area contributed by atoms with Crippen LogP contribution in [-0.2, 0) is 19.1 Å². The van der Waals surface area contributed by atoms with Crippen LogP contribution in [0.15, 0.2) is 22.2 Å². The van der Waals surface area contributed by atoms with Crippen LogP contribution in [0.1, 0.15) is 0 Å². The zero-order valence-electron chi connectivity index (χ0n) is 11.3. The maximum Gasteiger partial charge on any atom is 0.316 e. The fourth-order valence-electron chi connectivity index (χ4n) is 1.13. The molecule has 0 saturated heterocycles. The molecule has 0 saturated carbocycles. The topological polar surface area (TPSA) is 112 Å². The van der Waals surface area contributed by atoms with Gasteiger partial charge in [0, 0.05) is 0 Å². The van der Waals surface area contributed by atoms with Crippen LogP contribution in [0, 0.1) is 5.21 Å². The van der Waals surface area contributed by atoms with Crippen molar-refractivity contribution < 1.29 is 24.3 Å². The summed E-state index contributed by atoms with van der Waals surface area (Å²) >= 11 is 2.06. The Morgan fingerprint density at radius 3 is 2.33 bits per heavy atom. The SMILES string of the molecule is COC(=O)CSc1ccc(N([O-])O)c(SCC(=O)OC)n1. The van der Waals surface area contributed by atoms with Crippen LogP contribution < -0.4 is 5.23 Å². The summed E-state index contributed by atoms with van der Waals surface area (Å²) in [5.41, 5.74) is -0.0914. The largest absolute Gasteiger partial charge is 0.733 e. The summed E-state index contributed by atoms with van der Waals surface area (Å²) < 4.78 is 8.99. The summed E-state index contributed by atoms with van der Waals surface area (Å²) in [6.45, 7) is 0. The Kier molecular flexibility index (Phi) is 7.29. The van der Waals surface area contributed by atoms with E-state index in [4.69, 9.17) is 5.21 Å². The predicted octanol–water partition coefficient (Wildman–Crippen LogP) is 1.31. The van der Waals surface area contributed by atoms with Gasteiger partial charge >= 0.3 is 11.9 Å². The van der Waals surface area contributed by atoms with Crippen molar-refractivity contribution in [3.63, 3.8) is 0 Å². The lowest BCUT2D eigenvalue weighted by molar-refractivity contribution is -0.138. The van der Waals surface area contributed by atoms with Crippen molar-refractivity contribution >= 4 is 41.1 Å². The van der Waals surface area contributed by atoms with E-state index in [2.05, 4.69) is 14.5 Å². The van der Waals surface area contributed by atoms with E-state index in [0.717, 1.165) is 23.5 Å². The van der Waals surface area contributed by atoms with Crippen molar-refractivity contribution in [2.24, 2.45) is 0 Å². The van der Waals surface area contributed by atoms with E-state index >= 15 is 0 Å². The highest BCUT2D eigenvalue weighted by Gasteiger charge is 2.12. The number of rotatable bonds is 7. The number of ether oxygens (including phenoxy) is 2. The van der Waals surface area contributed by atoms with Gasteiger partial charge in [-0.15, -0.1) is 0 Å². The Morgan fingerprint density at radius 2 is 1.81 bits per heavy atom. The minimum atomic E-state index is -0.490. The van der Waals surface area contributed by atoms with Crippen molar-refractivity contribution in [1.82, 2.24) is 4.98 Å². The van der Waals surface area contributed by atoms with Gasteiger partial charge in [0.1, 0.15) is 5.03 Å². The van der Waals surface area contributed by atoms with Crippen LogP contribution in [0.4, 0.5) is 5.69 Å². The number of carbonyl (C=O) groups is 2. The lowest BCUT2D eigenvalue weighted by atomic mass is 10.4. The summed E-state index contributed by atoms with van der Waals surface area (Å²) in [5.74, 6) is -0.905. The van der Waals surface area contributed by atoms with Crippen LogP contribution in [0.3, 0.4) is 0 Å². The fraction of sp³-hybridized carbons (Fsp3) is 0.364. The van der Waals surface area contributed by atoms with Gasteiger partial charge in [-0.2, -0.15) is 0 Å². The van der Waals surface area contributed by atoms with Gasteiger partial charge in [0.05, 0.1) is 36.4 Å². The summed E-state index contributed by atoms with van der Waals surface area (Å²) in [5, 5.41) is 20.3. The molecule has 0 aliphatic carbocycles. The lowest BCUT2D eigenvalue weighted by Crippen LogP contribution is -2.11. The van der Waals surface area contributed by atoms with Crippen LogP contribution in [-0.4, -0.2) is 47.9 Å². The number of methoxy groups -OCH3 is 2. The molecule has 10 heteroatoms. The molecule has 0 radical (unpaired) electrons. The minimum Gasteiger partial charge on any atom is -0.733 e. The first-order valence-corrected chi connectivity index (χ1v) is 7.51. The van der Waals surface area contributed by atoms with E-state index in [1.54, 1.807) is 0 Å². The highest BCUT2D eigenvalue weighted by molar-refractivity contribution is 8.00. The maximum absolute atomic E-state index is 11.1. The number of anilines is 1. The zero-order valence-corrected chi connectivity index (χ0v) is 12.9. The molecule has 0 aliphatic rings. The van der Waals surface area contributed by atoms with Gasteiger partial charge < -0.3 is 19.9 Å². The average Bonchev–Trinajstić information content (AvgIpc) is 2.49. The molecule has 0 bridgehead atoms. The van der Waals surface area contributed by atoms with Crippen molar-refractivity contribution in [3.05, 3.63) is 17.3 Å². The average molecular weight is 333 g/mol. The van der Waals surface area contributed by atoms with E-state index < -0.39 is 11.9 Å². The number of pyridine rings is 1. The molecular formula is C11H13N2O6S2-. The third-order valence-corrected chi connectivity index (χ3v) is 4.00. The second-order valence-electron chi connectivity index (χ2n) is 3.48. The van der Waals surface area contributed by atoms with Crippen LogP contribution in [0.25, 0.3) is 0 Å². The van der Waals surface area contributed by atoms with Gasteiger partial charge in [-0.3, -0.25) is 14.8 Å². The summed E-state index contributed by atoms with van der Waals surface area (Å²) in [7, 11) is 2.52. The van der Waals surface area contributed by atoms with Gasteiger partial charge in [-0.05, 0) is 12.1 Å². The zero-order chi connectivity index (χ0) is 15.8. The second kappa shape index (κ2) is 8.72. The van der Waals surface area contributed by atoms with Crippen LogP contribution >= 0.6 is 23.5 Å². The van der Waals surface area contributed by atoms with E-state index in [0.29, 0.717) is 5.03 Å². The van der Waals surface area contributed by atoms with E-state index in [1.807, 2.05) is 0 Å². The highest BCUT2D eigenvalue weighted by atomic mass is 32.2. The molecule has 1 aromatic heterocycles. The van der Waals surface area contributed by atoms with Gasteiger partial charge in [-0.25, -0.2) is 4.98 Å². The molecule has 0 amide bonds. The van der Waals surface area contributed by atoms with Crippen molar-refractivity contribution in [2.75, 3.05) is 31.0 Å². The number of hydrogen-bond donors (Lipinski definition) is 1. The molecule has 1 aromatic rings. The first-order chi connectivity index (χ1) is 9.97. The molecule has 0 aromatic carbocycles. The molecular weight excluding hydrogens is 320 g/mol. The van der Waals surface area contributed by atoms with E-state index in [9.17, 15) is 14.8 Å². The number of aromatic nitrogens is 1. The molecule has 1 N–H and O–H groups in total. The molecule has 1 rings (SSSR count). The van der Waals surface area contributed by atoms with Gasteiger partial charge in [-0.1, -0.05) is 23.5 Å². The van der Waals surface area contributed by atoms with Crippen molar-refractivity contribution in [1.29, 1.82) is 0 Å². The van der Waals surface area contributed by atoms with Crippen molar-refractivity contribution in [2.45, 2.75) is 10.1 Å². The van der Waals surface area contributed by atoms with Gasteiger partial charge in [0.15, 0.2) is 0 Å². The third-order valence-electron chi connectivity index (χ3n) is 2.14. The monoisotopic (exact) mass is 333 g/mol. The summed E-state index contributed by atoms with van der Waals surface area (Å²) in [6.07, 6.45) is 0. The standard InChI is InChI=1S/C11H13N2O6S2/c1-18-9(14)5-20-8-4-3-7(13(16)17)11(12-8)21-6-10(15)19-2/h3-4,16H,5-6H2,1-2H3/q-1. The number of nitrogens with zero attached hydrogens (tertiary/aromatic N) is 2. The lowest BCUT2D eigenvalue weighted by Gasteiger charge is -2.23. The Balaban J connectivity index is 2.84. The Hall–Kier alpha value is -1.49. The van der Waals surface area contributed by atoms with E-state index in [-0.39, 0.29) is 27.4 Å². The first-order valence-electron chi connectivity index (χ1n) is 5.54. The quantitative estimate of drug-likeness (QED) is 0.445. The molecule has 0 atom stereocenters. The molecule has 0 aliphatic heterocycles. The maximum atomic E-state index is 11.1. The summed E-state index contributed by atoms with van der Waals surface area (Å²) in [4.78, 5) is 26.3. The fourth-order valence-corrected chi connectivity index (χ4v) is 2.72. The number of carbonyl (C=O) groups excluding carboxylic acids is 2. The Labute approximate surface area is 129 Å². The Morgan fingerprint density at radius 1 is 1.24 bits per heavy atom. The highest BCUT2D eigenvalue weighted by Crippen LogP contribution is 2.30. The second-order valence-corrected chi connectivity index (χ2v) is 5.44.